The molecule has 0 aromatic rings. The molecule has 2 amide bonds. The van der Waals surface area contributed by atoms with Gasteiger partial charge in [0.1, 0.15) is 5.54 Å². The fourth-order valence-corrected chi connectivity index (χ4v) is 2.79. The zero-order chi connectivity index (χ0) is 16.0. The van der Waals surface area contributed by atoms with Crippen LogP contribution in [0, 0.1) is 11.8 Å². The lowest BCUT2D eigenvalue weighted by Crippen LogP contribution is -2.59. The fraction of sp³-hybridized carbons (Fsp3) is 0.875. The van der Waals surface area contributed by atoms with Crippen molar-refractivity contribution in [1.82, 2.24) is 10.2 Å². The lowest BCUT2D eigenvalue weighted by Gasteiger charge is -2.38. The van der Waals surface area contributed by atoms with Gasteiger partial charge in [0.25, 0.3) is 0 Å². The summed E-state index contributed by atoms with van der Waals surface area (Å²) in [6.07, 6.45) is 3.76. The molecule has 0 radical (unpaired) electrons. The molecule has 2 N–H and O–H groups in total. The molecule has 5 nitrogen and oxygen atoms in total. The molecule has 0 spiro atoms. The maximum Gasteiger partial charge on any atom is 0.329 e. The Labute approximate surface area is 128 Å². The van der Waals surface area contributed by atoms with E-state index in [2.05, 4.69) is 26.1 Å². The Bertz CT molecular complexity index is 363. The highest BCUT2D eigenvalue weighted by Crippen LogP contribution is 2.32. The number of carbonyl (C=O) groups is 2. The minimum Gasteiger partial charge on any atom is -0.480 e. The third-order valence-electron chi connectivity index (χ3n) is 4.78. The van der Waals surface area contributed by atoms with Crippen molar-refractivity contribution in [3.05, 3.63) is 0 Å². The Morgan fingerprint density at radius 1 is 1.33 bits per heavy atom. The SMILES string of the molecule is CCC(C)CN(CC)C(=O)NC1(C(=O)O)CCC(C)CC1. The molecular weight excluding hydrogens is 268 g/mol. The lowest BCUT2D eigenvalue weighted by atomic mass is 9.77. The zero-order valence-electron chi connectivity index (χ0n) is 13.8. The number of hydrogen-bond donors (Lipinski definition) is 2. The van der Waals surface area contributed by atoms with Crippen LogP contribution in [-0.4, -0.2) is 40.6 Å². The first kappa shape index (κ1) is 17.8. The predicted molar refractivity (Wildman–Crippen MR) is 83.2 cm³/mol. The Balaban J connectivity index is 2.74. The largest absolute Gasteiger partial charge is 0.480 e. The average Bonchev–Trinajstić information content (AvgIpc) is 2.46. The normalized spacial score (nSPS) is 27.0. The van der Waals surface area contributed by atoms with Crippen molar-refractivity contribution < 1.29 is 14.7 Å². The van der Waals surface area contributed by atoms with Crippen LogP contribution in [0.25, 0.3) is 0 Å². The van der Waals surface area contributed by atoms with Crippen LogP contribution in [0.2, 0.25) is 0 Å². The molecule has 1 unspecified atom stereocenters. The van der Waals surface area contributed by atoms with E-state index in [-0.39, 0.29) is 6.03 Å². The highest BCUT2D eigenvalue weighted by Gasteiger charge is 2.43. The van der Waals surface area contributed by atoms with E-state index in [1.165, 1.54) is 0 Å². The molecule has 0 aromatic heterocycles. The molecule has 1 aliphatic carbocycles. The average molecular weight is 298 g/mol. The van der Waals surface area contributed by atoms with Crippen LogP contribution in [0.4, 0.5) is 4.79 Å². The predicted octanol–water partition coefficient (Wildman–Crippen LogP) is 3.10. The summed E-state index contributed by atoms with van der Waals surface area (Å²) in [5, 5.41) is 12.4. The smallest absolute Gasteiger partial charge is 0.329 e. The van der Waals surface area contributed by atoms with Crippen LogP contribution >= 0.6 is 0 Å². The molecule has 1 rings (SSSR count). The van der Waals surface area contributed by atoms with Crippen LogP contribution in [0.5, 0.6) is 0 Å². The van der Waals surface area contributed by atoms with Crippen LogP contribution in [0.1, 0.15) is 59.8 Å². The van der Waals surface area contributed by atoms with E-state index in [0.717, 1.165) is 19.3 Å². The van der Waals surface area contributed by atoms with E-state index in [1.807, 2.05) is 6.92 Å². The van der Waals surface area contributed by atoms with Crippen molar-refractivity contribution >= 4 is 12.0 Å². The third kappa shape index (κ3) is 4.61. The maximum absolute atomic E-state index is 12.4. The van der Waals surface area contributed by atoms with Gasteiger partial charge in [-0.25, -0.2) is 9.59 Å². The van der Waals surface area contributed by atoms with Crippen LogP contribution < -0.4 is 5.32 Å². The molecule has 0 heterocycles. The van der Waals surface area contributed by atoms with E-state index in [1.54, 1.807) is 4.90 Å². The third-order valence-corrected chi connectivity index (χ3v) is 4.78. The van der Waals surface area contributed by atoms with Gasteiger partial charge in [-0.15, -0.1) is 0 Å². The van der Waals surface area contributed by atoms with Gasteiger partial charge in [0.05, 0.1) is 0 Å². The van der Waals surface area contributed by atoms with Crippen molar-refractivity contribution in [3.63, 3.8) is 0 Å². The summed E-state index contributed by atoms with van der Waals surface area (Å²) in [6, 6.07) is -0.241. The molecule has 0 saturated heterocycles. The van der Waals surface area contributed by atoms with Gasteiger partial charge < -0.3 is 15.3 Å². The van der Waals surface area contributed by atoms with Crippen molar-refractivity contribution in [2.24, 2.45) is 11.8 Å². The summed E-state index contributed by atoms with van der Waals surface area (Å²) >= 11 is 0. The van der Waals surface area contributed by atoms with Crippen molar-refractivity contribution in [2.45, 2.75) is 65.3 Å². The first-order valence-corrected chi connectivity index (χ1v) is 8.15. The first-order chi connectivity index (χ1) is 9.84. The number of carboxylic acids is 1. The molecule has 21 heavy (non-hydrogen) atoms. The minimum absolute atomic E-state index is 0.241. The van der Waals surface area contributed by atoms with Gasteiger partial charge in [0.15, 0.2) is 0 Å². The van der Waals surface area contributed by atoms with Crippen LogP contribution in [-0.2, 0) is 4.79 Å². The summed E-state index contributed by atoms with van der Waals surface area (Å²) in [5.41, 5.74) is -1.08. The van der Waals surface area contributed by atoms with Crippen LogP contribution in [0.15, 0.2) is 0 Å². The zero-order valence-corrected chi connectivity index (χ0v) is 13.8. The van der Waals surface area contributed by atoms with Gasteiger partial charge in [0.2, 0.25) is 0 Å². The molecule has 0 bridgehead atoms. The number of urea groups is 1. The van der Waals surface area contributed by atoms with Gasteiger partial charge in [-0.1, -0.05) is 27.2 Å². The molecule has 0 aromatic carbocycles. The standard InChI is InChI=1S/C16H30N2O3/c1-5-12(3)11-18(6-2)15(21)17-16(14(19)20)9-7-13(4)8-10-16/h12-13H,5-11H2,1-4H3,(H,17,21)(H,19,20). The molecule has 0 aliphatic heterocycles. The summed E-state index contributed by atoms with van der Waals surface area (Å²) in [7, 11) is 0. The molecule has 122 valence electrons. The number of aliphatic carboxylic acids is 1. The van der Waals surface area contributed by atoms with Crippen molar-refractivity contribution in [1.29, 1.82) is 0 Å². The first-order valence-electron chi connectivity index (χ1n) is 8.15. The summed E-state index contributed by atoms with van der Waals surface area (Å²) < 4.78 is 0. The quantitative estimate of drug-likeness (QED) is 0.791. The van der Waals surface area contributed by atoms with Gasteiger partial charge in [0, 0.05) is 13.1 Å². The Kier molecular flexibility index (Phi) is 6.49. The monoisotopic (exact) mass is 298 g/mol. The lowest BCUT2D eigenvalue weighted by molar-refractivity contribution is -0.146. The fourth-order valence-electron chi connectivity index (χ4n) is 2.79. The molecule has 1 atom stereocenters. The second kappa shape index (κ2) is 7.66. The number of amides is 2. The Morgan fingerprint density at radius 3 is 2.33 bits per heavy atom. The molecule has 1 saturated carbocycles. The molecule has 1 aliphatic rings. The highest BCUT2D eigenvalue weighted by atomic mass is 16.4. The summed E-state index contributed by atoms with van der Waals surface area (Å²) in [4.78, 5) is 25.8. The van der Waals surface area contributed by atoms with E-state index in [9.17, 15) is 14.7 Å². The summed E-state index contributed by atoms with van der Waals surface area (Å²) in [5.74, 6) is 0.0574. The molecule has 5 heteroatoms. The van der Waals surface area contributed by atoms with E-state index < -0.39 is 11.5 Å². The number of rotatable bonds is 6. The highest BCUT2D eigenvalue weighted by molar-refractivity contribution is 5.86. The number of nitrogens with one attached hydrogen (secondary N) is 1. The molecule has 1 fully saturated rings. The van der Waals surface area contributed by atoms with Gasteiger partial charge in [-0.2, -0.15) is 0 Å². The van der Waals surface area contributed by atoms with Gasteiger partial charge in [-0.3, -0.25) is 0 Å². The van der Waals surface area contributed by atoms with Crippen molar-refractivity contribution in [2.75, 3.05) is 13.1 Å². The number of carbonyl (C=O) groups excluding carboxylic acids is 1. The summed E-state index contributed by atoms with van der Waals surface area (Å²) in [6.45, 7) is 9.53. The van der Waals surface area contributed by atoms with E-state index in [0.29, 0.717) is 37.8 Å². The van der Waals surface area contributed by atoms with Gasteiger partial charge in [-0.05, 0) is 44.4 Å². The Morgan fingerprint density at radius 2 is 1.90 bits per heavy atom. The minimum atomic E-state index is -1.08. The topological polar surface area (TPSA) is 69.6 Å². The van der Waals surface area contributed by atoms with Crippen molar-refractivity contribution in [3.8, 4) is 0 Å². The number of nitrogens with zero attached hydrogens (tertiary/aromatic N) is 1. The van der Waals surface area contributed by atoms with E-state index >= 15 is 0 Å². The van der Waals surface area contributed by atoms with Gasteiger partial charge >= 0.3 is 12.0 Å². The number of hydrogen-bond acceptors (Lipinski definition) is 2. The Hall–Kier alpha value is -1.26. The second-order valence-corrected chi connectivity index (χ2v) is 6.55. The maximum atomic E-state index is 12.4. The number of carboxylic acid groups (broad SMARTS) is 1. The second-order valence-electron chi connectivity index (χ2n) is 6.55. The van der Waals surface area contributed by atoms with E-state index in [4.69, 9.17) is 0 Å². The molecular formula is C16H30N2O3. The van der Waals surface area contributed by atoms with Crippen LogP contribution in [0.3, 0.4) is 0 Å².